The average molecular weight is 566 g/mol. The van der Waals surface area contributed by atoms with Gasteiger partial charge in [-0.15, -0.1) is 11.8 Å². The lowest BCUT2D eigenvalue weighted by atomic mass is 9.80. The first-order valence-electron chi connectivity index (χ1n) is 12.7. The van der Waals surface area contributed by atoms with Crippen molar-refractivity contribution in [3.05, 3.63) is 107 Å². The first-order chi connectivity index (χ1) is 17.4. The van der Waals surface area contributed by atoms with Gasteiger partial charge in [-0.1, -0.05) is 96.6 Å². The van der Waals surface area contributed by atoms with Crippen LogP contribution in [-0.4, -0.2) is 36.8 Å². The Hall–Kier alpha value is -2.14. The smallest absolute Gasteiger partial charge is 0.0999 e. The minimum absolute atomic E-state index is 0.412. The highest BCUT2D eigenvalue weighted by Crippen LogP contribution is 2.40. The van der Waals surface area contributed by atoms with Crippen LogP contribution in [0.5, 0.6) is 0 Å². The van der Waals surface area contributed by atoms with Crippen LogP contribution in [0.1, 0.15) is 56.1 Å². The summed E-state index contributed by atoms with van der Waals surface area (Å²) in [5, 5.41) is 2.36. The number of pyridine rings is 1. The molecule has 0 aliphatic rings. The normalized spacial score (nSPS) is 13.2. The minimum atomic E-state index is 0.412. The van der Waals surface area contributed by atoms with Crippen LogP contribution in [0.15, 0.2) is 101 Å². The molecule has 1 heterocycles. The number of fused-ring (bicyclic) bond motifs is 1. The Morgan fingerprint density at radius 3 is 2.42 bits per heavy atom. The van der Waals surface area contributed by atoms with Crippen LogP contribution < -0.4 is 0 Å². The lowest BCUT2D eigenvalue weighted by Gasteiger charge is -2.27. The van der Waals surface area contributed by atoms with Crippen LogP contribution in [0.2, 0.25) is 0 Å². The summed E-state index contributed by atoms with van der Waals surface area (Å²) >= 11 is 5.37. The van der Waals surface area contributed by atoms with Crippen LogP contribution in [-0.2, 0) is 0 Å². The molecule has 0 spiro atoms. The average Bonchev–Trinajstić information content (AvgIpc) is 2.88. The summed E-state index contributed by atoms with van der Waals surface area (Å²) in [4.78, 5) is 7.26. The van der Waals surface area contributed by atoms with Gasteiger partial charge in [0.25, 0.3) is 0 Å². The van der Waals surface area contributed by atoms with E-state index in [1.807, 2.05) is 31.2 Å². The molecule has 0 bridgehead atoms. The molecule has 3 rings (SSSR count). The highest BCUT2D eigenvalue weighted by Gasteiger charge is 2.24. The topological polar surface area (TPSA) is 16.1 Å². The van der Waals surface area contributed by atoms with Gasteiger partial charge in [0.1, 0.15) is 0 Å². The van der Waals surface area contributed by atoms with E-state index in [0.29, 0.717) is 11.8 Å². The quantitative estimate of drug-likeness (QED) is 0.131. The van der Waals surface area contributed by atoms with Gasteiger partial charge in [0, 0.05) is 9.86 Å². The van der Waals surface area contributed by atoms with Crippen molar-refractivity contribution in [3.63, 3.8) is 0 Å². The Balaban J connectivity index is 0.000000572. The zero-order valence-electron chi connectivity index (χ0n) is 22.5. The van der Waals surface area contributed by atoms with Crippen LogP contribution >= 0.6 is 27.7 Å². The van der Waals surface area contributed by atoms with Crippen LogP contribution in [0, 0.1) is 0 Å². The molecule has 0 saturated carbocycles. The second kappa shape index (κ2) is 16.6. The summed E-state index contributed by atoms with van der Waals surface area (Å²) in [6.45, 7) is 9.02. The molecule has 0 amide bonds. The summed E-state index contributed by atoms with van der Waals surface area (Å²) in [5.41, 5.74) is 3.87. The Kier molecular flexibility index (Phi) is 13.9. The molecule has 36 heavy (non-hydrogen) atoms. The monoisotopic (exact) mass is 564 g/mol. The molecular weight excluding hydrogens is 524 g/mol. The number of hydrogen-bond donors (Lipinski definition) is 0. The Morgan fingerprint density at radius 1 is 1.03 bits per heavy atom. The van der Waals surface area contributed by atoms with Crippen molar-refractivity contribution in [2.45, 2.75) is 50.0 Å². The van der Waals surface area contributed by atoms with E-state index in [0.717, 1.165) is 21.6 Å². The molecule has 4 heteroatoms. The number of allylic oxidation sites excluding steroid dienone is 5. The van der Waals surface area contributed by atoms with Gasteiger partial charge >= 0.3 is 0 Å². The first kappa shape index (κ1) is 30.1. The number of nitrogens with zero attached hydrogens (tertiary/aromatic N) is 2. The van der Waals surface area contributed by atoms with E-state index in [4.69, 9.17) is 4.98 Å². The molecule has 0 aliphatic heterocycles. The lowest BCUT2D eigenvalue weighted by Crippen LogP contribution is -2.14. The van der Waals surface area contributed by atoms with Crippen molar-refractivity contribution in [2.75, 3.05) is 26.9 Å². The molecule has 2 aromatic carbocycles. The molecule has 0 N–H and O–H groups in total. The molecule has 1 unspecified atom stereocenters. The van der Waals surface area contributed by atoms with E-state index in [2.05, 4.69) is 109 Å². The predicted octanol–water partition coefficient (Wildman–Crippen LogP) is 9.64. The van der Waals surface area contributed by atoms with Gasteiger partial charge in [0.15, 0.2) is 0 Å². The minimum Gasteiger partial charge on any atom is -0.309 e. The molecule has 0 fully saturated rings. The predicted molar refractivity (Wildman–Crippen MR) is 165 cm³/mol. The molecule has 192 valence electrons. The number of unbranched alkanes of at least 4 members (excludes halogenated alkanes) is 1. The summed E-state index contributed by atoms with van der Waals surface area (Å²) < 4.78 is 1.10. The summed E-state index contributed by atoms with van der Waals surface area (Å²) in [5.74, 6) is 0.908. The van der Waals surface area contributed by atoms with Crippen molar-refractivity contribution in [1.29, 1.82) is 0 Å². The van der Waals surface area contributed by atoms with E-state index in [9.17, 15) is 0 Å². The molecular formula is C32H41BrN2S. The molecule has 2 atom stereocenters. The SMILES string of the molecule is C=C/C=C\C=C/C.CSc1nc2ccc(Br)cc2cc1[C@@H](C)C(CCCCN(C)C)c1ccccc1. The molecule has 1 aromatic heterocycles. The number of hydrogen-bond acceptors (Lipinski definition) is 3. The summed E-state index contributed by atoms with van der Waals surface area (Å²) in [6, 6.07) is 19.7. The van der Waals surface area contributed by atoms with Gasteiger partial charge in [-0.3, -0.25) is 0 Å². The third kappa shape index (κ3) is 9.72. The molecule has 2 nitrogen and oxygen atoms in total. The lowest BCUT2D eigenvalue weighted by molar-refractivity contribution is 0.382. The summed E-state index contributed by atoms with van der Waals surface area (Å²) in [7, 11) is 4.31. The standard InChI is InChI=1S/C25H31BrN2S.C7H10/c1-18(22(12-8-9-15-28(2)3)19-10-6-5-7-11-19)23-17-20-16-21(26)13-14-24(20)27-25(23)29-4;1-3-5-7-6-4-2/h5-7,10-11,13-14,16-18,22H,8-9,12,15H2,1-4H3;3-7H,1H2,2H3/b;6-4-,7-5-/t18-,22?;/m0./s1. The zero-order chi connectivity index (χ0) is 26.3. The highest BCUT2D eigenvalue weighted by atomic mass is 79.9. The first-order valence-corrected chi connectivity index (χ1v) is 14.7. The van der Waals surface area contributed by atoms with Gasteiger partial charge in [-0.25, -0.2) is 4.98 Å². The van der Waals surface area contributed by atoms with Crippen molar-refractivity contribution in [3.8, 4) is 0 Å². The maximum atomic E-state index is 4.99. The number of rotatable bonds is 11. The Morgan fingerprint density at radius 2 is 1.78 bits per heavy atom. The summed E-state index contributed by atoms with van der Waals surface area (Å²) in [6.07, 6.45) is 15.3. The van der Waals surface area contributed by atoms with E-state index < -0.39 is 0 Å². The third-order valence-electron chi connectivity index (χ3n) is 6.21. The van der Waals surface area contributed by atoms with Crippen LogP contribution in [0.25, 0.3) is 10.9 Å². The fraction of sp³-hybridized carbons (Fsp3) is 0.344. The van der Waals surface area contributed by atoms with Gasteiger partial charge < -0.3 is 4.90 Å². The zero-order valence-corrected chi connectivity index (χ0v) is 24.9. The third-order valence-corrected chi connectivity index (χ3v) is 7.41. The highest BCUT2D eigenvalue weighted by molar-refractivity contribution is 9.10. The Bertz CT molecular complexity index is 1120. The van der Waals surface area contributed by atoms with Gasteiger partial charge in [-0.05, 0) is 93.9 Å². The molecule has 0 saturated heterocycles. The maximum absolute atomic E-state index is 4.99. The largest absolute Gasteiger partial charge is 0.309 e. The second-order valence-corrected chi connectivity index (χ2v) is 10.9. The molecule has 3 aromatic rings. The second-order valence-electron chi connectivity index (χ2n) is 9.18. The Labute approximate surface area is 231 Å². The van der Waals surface area contributed by atoms with Crippen molar-refractivity contribution < 1.29 is 0 Å². The van der Waals surface area contributed by atoms with Crippen LogP contribution in [0.3, 0.4) is 0 Å². The molecule has 0 aliphatic carbocycles. The van der Waals surface area contributed by atoms with E-state index >= 15 is 0 Å². The van der Waals surface area contributed by atoms with Gasteiger partial charge in [0.05, 0.1) is 10.5 Å². The van der Waals surface area contributed by atoms with E-state index in [-0.39, 0.29) is 0 Å². The maximum Gasteiger partial charge on any atom is 0.0999 e. The molecule has 0 radical (unpaired) electrons. The van der Waals surface area contributed by atoms with E-state index in [1.54, 1.807) is 17.8 Å². The van der Waals surface area contributed by atoms with Crippen LogP contribution in [0.4, 0.5) is 0 Å². The van der Waals surface area contributed by atoms with E-state index in [1.165, 1.54) is 35.8 Å². The number of thioether (sulfide) groups is 1. The van der Waals surface area contributed by atoms with Crippen molar-refractivity contribution in [2.24, 2.45) is 0 Å². The van der Waals surface area contributed by atoms with Crippen molar-refractivity contribution in [1.82, 2.24) is 9.88 Å². The van der Waals surface area contributed by atoms with Crippen molar-refractivity contribution >= 4 is 38.6 Å². The fourth-order valence-corrected chi connectivity index (χ4v) is 5.35. The fourth-order valence-electron chi connectivity index (χ4n) is 4.30. The van der Waals surface area contributed by atoms with Gasteiger partial charge in [-0.2, -0.15) is 0 Å². The number of benzene rings is 2. The number of halogens is 1. The number of aromatic nitrogens is 1. The van der Waals surface area contributed by atoms with Gasteiger partial charge in [0.2, 0.25) is 0 Å².